The van der Waals surface area contributed by atoms with E-state index >= 15 is 0 Å². The lowest BCUT2D eigenvalue weighted by atomic mass is 10.1. The lowest BCUT2D eigenvalue weighted by Gasteiger charge is -2.27. The summed E-state index contributed by atoms with van der Waals surface area (Å²) in [7, 11) is 0. The van der Waals surface area contributed by atoms with E-state index in [1.807, 2.05) is 5.38 Å². The van der Waals surface area contributed by atoms with Crippen LogP contribution in [-0.2, 0) is 19.4 Å². The van der Waals surface area contributed by atoms with Crippen LogP contribution in [-0.4, -0.2) is 42.6 Å². The third kappa shape index (κ3) is 2.56. The van der Waals surface area contributed by atoms with Crippen LogP contribution < -0.4 is 0 Å². The summed E-state index contributed by atoms with van der Waals surface area (Å²) in [6.07, 6.45) is 3.84. The van der Waals surface area contributed by atoms with E-state index in [2.05, 4.69) is 38.5 Å². The molecule has 7 heteroatoms. The number of hydrogen-bond donors (Lipinski definition) is 0. The summed E-state index contributed by atoms with van der Waals surface area (Å²) in [6.45, 7) is 5.21. The lowest BCUT2D eigenvalue weighted by Crippen LogP contribution is -2.42. The molecular formula is C16H21N5OS. The van der Waals surface area contributed by atoms with Crippen molar-refractivity contribution in [3.8, 4) is 0 Å². The molecule has 4 heterocycles. The largest absolute Gasteiger partial charge is 0.329 e. The zero-order chi connectivity index (χ0) is 16.0. The van der Waals surface area contributed by atoms with Gasteiger partial charge in [-0.2, -0.15) is 0 Å². The van der Waals surface area contributed by atoms with Gasteiger partial charge >= 0.3 is 0 Å². The Morgan fingerprint density at radius 2 is 2.17 bits per heavy atom. The van der Waals surface area contributed by atoms with Crippen LogP contribution in [0.4, 0.5) is 0 Å². The molecule has 0 radical (unpaired) electrons. The molecule has 0 N–H and O–H groups in total. The van der Waals surface area contributed by atoms with Crippen LogP contribution in [0.1, 0.15) is 48.8 Å². The number of carbonyl (C=O) groups is 1. The molecule has 1 amide bonds. The van der Waals surface area contributed by atoms with Gasteiger partial charge in [-0.1, -0.05) is 13.8 Å². The molecule has 0 aliphatic carbocycles. The van der Waals surface area contributed by atoms with Gasteiger partial charge in [0.15, 0.2) is 0 Å². The summed E-state index contributed by atoms with van der Waals surface area (Å²) in [5.41, 5.74) is 2.30. The molecule has 23 heavy (non-hydrogen) atoms. The van der Waals surface area contributed by atoms with E-state index in [-0.39, 0.29) is 18.0 Å². The Morgan fingerprint density at radius 1 is 1.35 bits per heavy atom. The maximum Gasteiger partial charge on any atom is 0.273 e. The molecule has 0 saturated carbocycles. The number of hydrogen-bond acceptors (Lipinski definition) is 5. The highest BCUT2D eigenvalue weighted by atomic mass is 32.1. The van der Waals surface area contributed by atoms with Gasteiger partial charge in [-0.15, -0.1) is 21.5 Å². The molecule has 2 aromatic rings. The van der Waals surface area contributed by atoms with Crippen LogP contribution in [0.25, 0.3) is 0 Å². The Kier molecular flexibility index (Phi) is 3.67. The minimum absolute atomic E-state index is 0.0721. The zero-order valence-electron chi connectivity index (χ0n) is 13.5. The molecule has 122 valence electrons. The summed E-state index contributed by atoms with van der Waals surface area (Å²) in [4.78, 5) is 19.1. The average Bonchev–Trinajstić information content (AvgIpc) is 3.19. The quantitative estimate of drug-likeness (QED) is 0.864. The molecule has 2 bridgehead atoms. The van der Waals surface area contributed by atoms with Crippen molar-refractivity contribution in [2.24, 2.45) is 5.92 Å². The first kappa shape index (κ1) is 14.8. The van der Waals surface area contributed by atoms with Gasteiger partial charge in [0.2, 0.25) is 0 Å². The highest BCUT2D eigenvalue weighted by Gasteiger charge is 2.41. The van der Waals surface area contributed by atoms with E-state index in [1.54, 1.807) is 5.51 Å². The third-order valence-corrected chi connectivity index (χ3v) is 5.40. The molecule has 1 fully saturated rings. The monoisotopic (exact) mass is 331 g/mol. The van der Waals surface area contributed by atoms with Gasteiger partial charge in [0, 0.05) is 30.8 Å². The fourth-order valence-corrected chi connectivity index (χ4v) is 4.32. The van der Waals surface area contributed by atoms with Gasteiger partial charge in [-0.05, 0) is 18.8 Å². The molecule has 4 rings (SSSR count). The second kappa shape index (κ2) is 5.70. The number of amides is 1. The number of carbonyl (C=O) groups excluding carboxylic acids is 1. The SMILES string of the molecule is CC(C)Cc1nnc2n1CC1CCC(C2)N1C(=O)c1cscn1. The van der Waals surface area contributed by atoms with Crippen LogP contribution >= 0.6 is 11.3 Å². The van der Waals surface area contributed by atoms with Crippen molar-refractivity contribution in [2.45, 2.75) is 58.2 Å². The van der Waals surface area contributed by atoms with Gasteiger partial charge in [0.05, 0.1) is 11.6 Å². The van der Waals surface area contributed by atoms with Crippen molar-refractivity contribution >= 4 is 17.2 Å². The standard InChI is InChI=1S/C16H21N5OS/c1-10(2)5-14-18-19-15-6-11-3-4-12(7-20(14)15)21(11)16(22)13-8-23-9-17-13/h8-12H,3-7H2,1-2H3. The van der Waals surface area contributed by atoms with E-state index in [0.29, 0.717) is 11.6 Å². The fraction of sp³-hybridized carbons (Fsp3) is 0.625. The summed E-state index contributed by atoms with van der Waals surface area (Å²) < 4.78 is 2.26. The van der Waals surface area contributed by atoms with Gasteiger partial charge in [0.25, 0.3) is 5.91 Å². The summed E-state index contributed by atoms with van der Waals surface area (Å²) in [5, 5.41) is 10.6. The molecule has 0 aromatic carbocycles. The Balaban J connectivity index is 1.63. The molecule has 2 aromatic heterocycles. The van der Waals surface area contributed by atoms with Crippen molar-refractivity contribution in [1.82, 2.24) is 24.6 Å². The first-order valence-corrected chi connectivity index (χ1v) is 9.19. The maximum absolute atomic E-state index is 12.8. The lowest BCUT2D eigenvalue weighted by molar-refractivity contribution is 0.0660. The minimum Gasteiger partial charge on any atom is -0.329 e. The van der Waals surface area contributed by atoms with Crippen molar-refractivity contribution < 1.29 is 4.79 Å². The Labute approximate surface area is 139 Å². The highest BCUT2D eigenvalue weighted by Crippen LogP contribution is 2.33. The molecular weight excluding hydrogens is 310 g/mol. The smallest absolute Gasteiger partial charge is 0.273 e. The van der Waals surface area contributed by atoms with Gasteiger partial charge in [-0.25, -0.2) is 4.98 Å². The minimum atomic E-state index is 0.0721. The van der Waals surface area contributed by atoms with Crippen molar-refractivity contribution in [3.63, 3.8) is 0 Å². The van der Waals surface area contributed by atoms with Crippen molar-refractivity contribution in [1.29, 1.82) is 0 Å². The fourth-order valence-electron chi connectivity index (χ4n) is 3.79. The Morgan fingerprint density at radius 3 is 2.91 bits per heavy atom. The maximum atomic E-state index is 12.8. The predicted molar refractivity (Wildman–Crippen MR) is 87.4 cm³/mol. The van der Waals surface area contributed by atoms with Crippen LogP contribution in [0.15, 0.2) is 10.9 Å². The topological polar surface area (TPSA) is 63.9 Å². The van der Waals surface area contributed by atoms with E-state index in [4.69, 9.17) is 0 Å². The number of rotatable bonds is 3. The van der Waals surface area contributed by atoms with Crippen LogP contribution in [0, 0.1) is 5.92 Å². The first-order valence-electron chi connectivity index (χ1n) is 8.25. The number of nitrogens with zero attached hydrogens (tertiary/aromatic N) is 5. The summed E-state index contributed by atoms with van der Waals surface area (Å²) in [5.74, 6) is 2.71. The van der Waals surface area contributed by atoms with Crippen LogP contribution in [0.5, 0.6) is 0 Å². The van der Waals surface area contributed by atoms with Crippen molar-refractivity contribution in [3.05, 3.63) is 28.2 Å². The summed E-state index contributed by atoms with van der Waals surface area (Å²) >= 11 is 1.47. The molecule has 0 spiro atoms. The highest BCUT2D eigenvalue weighted by molar-refractivity contribution is 7.07. The van der Waals surface area contributed by atoms with Crippen molar-refractivity contribution in [2.75, 3.05) is 0 Å². The van der Waals surface area contributed by atoms with Gasteiger partial charge in [-0.3, -0.25) is 4.79 Å². The predicted octanol–water partition coefficient (Wildman–Crippen LogP) is 2.16. The second-order valence-corrected chi connectivity index (χ2v) is 7.63. The first-order chi connectivity index (χ1) is 11.1. The molecule has 2 atom stereocenters. The van der Waals surface area contributed by atoms with Gasteiger partial charge < -0.3 is 9.47 Å². The second-order valence-electron chi connectivity index (χ2n) is 6.92. The zero-order valence-corrected chi connectivity index (χ0v) is 14.3. The molecule has 2 aliphatic heterocycles. The van der Waals surface area contributed by atoms with E-state index < -0.39 is 0 Å². The normalized spacial score (nSPS) is 23.2. The number of thiazole rings is 1. The van der Waals surface area contributed by atoms with E-state index in [0.717, 1.165) is 43.9 Å². The molecule has 2 unspecified atom stereocenters. The van der Waals surface area contributed by atoms with E-state index in [9.17, 15) is 4.79 Å². The average molecular weight is 331 g/mol. The number of aromatic nitrogens is 4. The van der Waals surface area contributed by atoms with Crippen LogP contribution in [0.2, 0.25) is 0 Å². The molecule has 1 saturated heterocycles. The summed E-state index contributed by atoms with van der Waals surface area (Å²) in [6, 6.07) is 0.462. The molecule has 2 aliphatic rings. The third-order valence-electron chi connectivity index (χ3n) is 4.81. The van der Waals surface area contributed by atoms with Crippen LogP contribution in [0.3, 0.4) is 0 Å². The van der Waals surface area contributed by atoms with E-state index in [1.165, 1.54) is 11.3 Å². The number of fused-ring (bicyclic) bond motifs is 3. The Bertz CT molecular complexity index is 708. The molecule has 6 nitrogen and oxygen atoms in total. The van der Waals surface area contributed by atoms with Gasteiger partial charge in [0.1, 0.15) is 17.3 Å². The Hall–Kier alpha value is -1.76.